The summed E-state index contributed by atoms with van der Waals surface area (Å²) in [6, 6.07) is 1.01. The predicted octanol–water partition coefficient (Wildman–Crippen LogP) is -0.105. The first kappa shape index (κ1) is 8.20. The van der Waals surface area contributed by atoms with E-state index >= 15 is 0 Å². The van der Waals surface area contributed by atoms with Crippen molar-refractivity contribution in [2.75, 3.05) is 0 Å². The summed E-state index contributed by atoms with van der Waals surface area (Å²) < 4.78 is 15.0. The molecular formula is C5H5O5P. The molecule has 1 aromatic rings. The van der Waals surface area contributed by atoms with Crippen molar-refractivity contribution in [2.45, 2.75) is 0 Å². The van der Waals surface area contributed by atoms with Gasteiger partial charge in [-0.3, -0.25) is 9.36 Å². The van der Waals surface area contributed by atoms with Crippen molar-refractivity contribution in [1.82, 2.24) is 0 Å². The average Bonchev–Trinajstić information content (AvgIpc) is 2.32. The maximum absolute atomic E-state index is 10.5. The Labute approximate surface area is 61.8 Å². The largest absolute Gasteiger partial charge is 0.461 e. The van der Waals surface area contributed by atoms with Gasteiger partial charge in [0.15, 0.2) is 12.0 Å². The molecule has 0 saturated heterocycles. The number of carbonyl (C=O) groups excluding carboxylic acids is 1. The Hall–Kier alpha value is -0.900. The van der Waals surface area contributed by atoms with Crippen LogP contribution in [0.3, 0.4) is 0 Å². The van der Waals surface area contributed by atoms with E-state index in [1.165, 1.54) is 0 Å². The fourth-order valence-corrected chi connectivity index (χ4v) is 1.04. The van der Waals surface area contributed by atoms with Gasteiger partial charge in [0.2, 0.25) is 0 Å². The Balaban J connectivity index is 3.08. The molecule has 0 bridgehead atoms. The van der Waals surface area contributed by atoms with Gasteiger partial charge >= 0.3 is 7.60 Å². The highest BCUT2D eigenvalue weighted by Crippen LogP contribution is 2.33. The molecule has 0 aliphatic rings. The first-order valence-electron chi connectivity index (χ1n) is 2.64. The fraction of sp³-hybridized carbons (Fsp3) is 0. The van der Waals surface area contributed by atoms with Crippen molar-refractivity contribution < 1.29 is 23.6 Å². The van der Waals surface area contributed by atoms with E-state index in [-0.39, 0.29) is 11.1 Å². The van der Waals surface area contributed by atoms with E-state index in [0.717, 1.165) is 12.3 Å². The van der Waals surface area contributed by atoms with Crippen LogP contribution >= 0.6 is 7.60 Å². The second-order valence-electron chi connectivity index (χ2n) is 1.87. The number of furan rings is 1. The third kappa shape index (κ3) is 1.77. The van der Waals surface area contributed by atoms with Crippen molar-refractivity contribution in [3.05, 3.63) is 18.1 Å². The average molecular weight is 176 g/mol. The molecule has 11 heavy (non-hydrogen) atoms. The molecule has 0 aromatic carbocycles. The Morgan fingerprint density at radius 1 is 1.55 bits per heavy atom. The topological polar surface area (TPSA) is 87.7 Å². The van der Waals surface area contributed by atoms with Crippen LogP contribution in [0, 0.1) is 0 Å². The molecule has 0 saturated carbocycles. The second-order valence-corrected chi connectivity index (χ2v) is 3.47. The lowest BCUT2D eigenvalue weighted by Crippen LogP contribution is -1.98. The van der Waals surface area contributed by atoms with Crippen molar-refractivity contribution in [3.8, 4) is 0 Å². The zero-order valence-electron chi connectivity index (χ0n) is 5.30. The Bertz CT molecular complexity index is 308. The molecule has 6 heteroatoms. The third-order valence-electron chi connectivity index (χ3n) is 1.06. The molecule has 2 N–H and O–H groups in total. The minimum absolute atomic E-state index is 0.0941. The number of aldehydes is 1. The SMILES string of the molecule is O=Cc1cc(P(=O)(O)O)co1. The van der Waals surface area contributed by atoms with E-state index in [1.807, 2.05) is 0 Å². The minimum atomic E-state index is -4.26. The molecule has 0 amide bonds. The highest BCUT2D eigenvalue weighted by Gasteiger charge is 2.19. The smallest absolute Gasteiger partial charge is 0.359 e. The molecular weight excluding hydrogens is 171 g/mol. The maximum Gasteiger partial charge on any atom is 0.359 e. The van der Waals surface area contributed by atoms with Crippen molar-refractivity contribution in [3.63, 3.8) is 0 Å². The minimum Gasteiger partial charge on any atom is -0.461 e. The van der Waals surface area contributed by atoms with Crippen LogP contribution in [0.15, 0.2) is 16.7 Å². The van der Waals surface area contributed by atoms with Gasteiger partial charge in [0.1, 0.15) is 11.6 Å². The zero-order chi connectivity index (χ0) is 8.48. The molecule has 1 rings (SSSR count). The molecule has 0 radical (unpaired) electrons. The lowest BCUT2D eigenvalue weighted by Gasteiger charge is -1.95. The van der Waals surface area contributed by atoms with E-state index in [1.54, 1.807) is 0 Å². The number of hydrogen-bond donors (Lipinski definition) is 2. The molecule has 5 nitrogen and oxygen atoms in total. The first-order valence-corrected chi connectivity index (χ1v) is 4.25. The number of hydrogen-bond acceptors (Lipinski definition) is 3. The normalized spacial score (nSPS) is 11.5. The van der Waals surface area contributed by atoms with Crippen LogP contribution in [0.25, 0.3) is 0 Å². The number of rotatable bonds is 2. The van der Waals surface area contributed by atoms with Gasteiger partial charge in [0, 0.05) is 6.07 Å². The van der Waals surface area contributed by atoms with Gasteiger partial charge in [-0.25, -0.2) is 0 Å². The highest BCUT2D eigenvalue weighted by atomic mass is 31.2. The maximum atomic E-state index is 10.5. The lowest BCUT2D eigenvalue weighted by atomic mass is 10.5. The van der Waals surface area contributed by atoms with Crippen LogP contribution in [-0.2, 0) is 4.57 Å². The van der Waals surface area contributed by atoms with Crippen molar-refractivity contribution in [2.24, 2.45) is 0 Å². The summed E-state index contributed by atoms with van der Waals surface area (Å²) in [4.78, 5) is 27.1. The summed E-state index contributed by atoms with van der Waals surface area (Å²) in [5, 5.41) is -0.278. The molecule has 0 aliphatic carbocycles. The van der Waals surface area contributed by atoms with Gasteiger partial charge in [0.05, 0.1) is 0 Å². The van der Waals surface area contributed by atoms with Crippen molar-refractivity contribution >= 4 is 19.2 Å². The van der Waals surface area contributed by atoms with E-state index in [4.69, 9.17) is 9.79 Å². The van der Waals surface area contributed by atoms with Crippen LogP contribution in [0.2, 0.25) is 0 Å². The van der Waals surface area contributed by atoms with Gasteiger partial charge in [-0.05, 0) is 0 Å². The molecule has 0 atom stereocenters. The Kier molecular flexibility index (Phi) is 1.95. The second kappa shape index (κ2) is 2.62. The molecule has 0 spiro atoms. The zero-order valence-corrected chi connectivity index (χ0v) is 6.19. The van der Waals surface area contributed by atoms with Crippen LogP contribution in [0.1, 0.15) is 10.6 Å². The van der Waals surface area contributed by atoms with Crippen LogP contribution in [-0.4, -0.2) is 16.1 Å². The number of carbonyl (C=O) groups is 1. The van der Waals surface area contributed by atoms with Crippen LogP contribution < -0.4 is 5.30 Å². The molecule has 1 heterocycles. The first-order chi connectivity index (χ1) is 5.04. The van der Waals surface area contributed by atoms with Gasteiger partial charge in [-0.15, -0.1) is 0 Å². The van der Waals surface area contributed by atoms with Gasteiger partial charge in [-0.2, -0.15) is 0 Å². The van der Waals surface area contributed by atoms with E-state index in [9.17, 15) is 9.36 Å². The standard InChI is InChI=1S/C5H5O5P/c6-2-4-1-5(3-10-4)11(7,8)9/h1-3H,(H2,7,8,9). The Morgan fingerprint density at radius 2 is 2.18 bits per heavy atom. The summed E-state index contributed by atoms with van der Waals surface area (Å²) >= 11 is 0. The van der Waals surface area contributed by atoms with E-state index < -0.39 is 7.60 Å². The van der Waals surface area contributed by atoms with E-state index in [2.05, 4.69) is 4.42 Å². The molecule has 1 aromatic heterocycles. The Morgan fingerprint density at radius 3 is 2.45 bits per heavy atom. The van der Waals surface area contributed by atoms with E-state index in [0.29, 0.717) is 6.29 Å². The molecule has 60 valence electrons. The molecule has 0 aliphatic heterocycles. The lowest BCUT2D eigenvalue weighted by molar-refractivity contribution is 0.110. The van der Waals surface area contributed by atoms with Gasteiger partial charge in [-0.1, -0.05) is 0 Å². The monoisotopic (exact) mass is 176 g/mol. The fourth-order valence-electron chi connectivity index (χ4n) is 0.557. The van der Waals surface area contributed by atoms with Gasteiger partial charge < -0.3 is 14.2 Å². The molecule has 0 unspecified atom stereocenters. The predicted molar refractivity (Wildman–Crippen MR) is 35.8 cm³/mol. The molecule has 0 fully saturated rings. The summed E-state index contributed by atoms with van der Waals surface area (Å²) in [5.41, 5.74) is 0. The third-order valence-corrected chi connectivity index (χ3v) is 1.97. The summed E-state index contributed by atoms with van der Waals surface area (Å²) in [5.74, 6) is -0.0941. The quantitative estimate of drug-likeness (QED) is 0.485. The summed E-state index contributed by atoms with van der Waals surface area (Å²) in [6.07, 6.45) is 1.24. The van der Waals surface area contributed by atoms with Crippen molar-refractivity contribution in [1.29, 1.82) is 0 Å². The summed E-state index contributed by atoms with van der Waals surface area (Å²) in [7, 11) is -4.26. The van der Waals surface area contributed by atoms with Crippen LogP contribution in [0.4, 0.5) is 0 Å². The van der Waals surface area contributed by atoms with Gasteiger partial charge in [0.25, 0.3) is 0 Å². The summed E-state index contributed by atoms with van der Waals surface area (Å²) in [6.45, 7) is 0. The highest BCUT2D eigenvalue weighted by molar-refractivity contribution is 7.60. The van der Waals surface area contributed by atoms with Crippen LogP contribution in [0.5, 0.6) is 0 Å².